The largest absolute Gasteiger partial charge is 0.391 e. The Hall–Kier alpha value is -3.08. The van der Waals surface area contributed by atoms with Crippen molar-refractivity contribution in [3.8, 4) is 16.9 Å². The van der Waals surface area contributed by atoms with Gasteiger partial charge >= 0.3 is 0 Å². The molecule has 0 saturated heterocycles. The Bertz CT molecular complexity index is 1130. The third-order valence-corrected chi connectivity index (χ3v) is 4.90. The van der Waals surface area contributed by atoms with E-state index in [-0.39, 0.29) is 6.61 Å². The van der Waals surface area contributed by atoms with Crippen molar-refractivity contribution in [3.63, 3.8) is 0 Å². The molecule has 0 saturated carbocycles. The average Bonchev–Trinajstić information content (AvgIpc) is 3.18. The van der Waals surface area contributed by atoms with E-state index in [4.69, 9.17) is 33.1 Å². The second-order valence-electron chi connectivity index (χ2n) is 6.32. The van der Waals surface area contributed by atoms with Gasteiger partial charge in [0.15, 0.2) is 0 Å². The minimum absolute atomic E-state index is 0.250. The molecule has 6 heteroatoms. The molecule has 0 unspecified atom stereocenters. The lowest BCUT2D eigenvalue weighted by molar-refractivity contribution is 0.132. The zero-order chi connectivity index (χ0) is 20.1. The lowest BCUT2D eigenvalue weighted by atomic mass is 10.1. The second-order valence-corrected chi connectivity index (χ2v) is 7.17. The molecular formula is C23H17Cl2N3O. The molecular weight excluding hydrogens is 405 g/mol. The summed E-state index contributed by atoms with van der Waals surface area (Å²) in [6, 6.07) is 25.2. The Kier molecular flexibility index (Phi) is 5.94. The fourth-order valence-corrected chi connectivity index (χ4v) is 3.32. The predicted octanol–water partition coefficient (Wildman–Crippen LogP) is 6.40. The van der Waals surface area contributed by atoms with Gasteiger partial charge in [-0.05, 0) is 24.3 Å². The van der Waals surface area contributed by atoms with Crippen molar-refractivity contribution in [2.24, 2.45) is 5.16 Å². The topological polar surface area (TPSA) is 39.4 Å². The Morgan fingerprint density at radius 3 is 2.38 bits per heavy atom. The minimum Gasteiger partial charge on any atom is -0.391 e. The van der Waals surface area contributed by atoms with Crippen molar-refractivity contribution >= 4 is 29.4 Å². The van der Waals surface area contributed by atoms with E-state index in [1.807, 2.05) is 77.6 Å². The van der Waals surface area contributed by atoms with Crippen molar-refractivity contribution in [1.82, 2.24) is 9.78 Å². The molecule has 0 aliphatic carbocycles. The van der Waals surface area contributed by atoms with Crippen molar-refractivity contribution < 1.29 is 4.84 Å². The van der Waals surface area contributed by atoms with Gasteiger partial charge in [-0.25, -0.2) is 4.68 Å². The first kappa shape index (κ1) is 19.2. The molecule has 0 N–H and O–H groups in total. The maximum Gasteiger partial charge on any atom is 0.143 e. The van der Waals surface area contributed by atoms with Crippen LogP contribution in [0.5, 0.6) is 0 Å². The summed E-state index contributed by atoms with van der Waals surface area (Å²) in [4.78, 5) is 5.46. The zero-order valence-corrected chi connectivity index (χ0v) is 16.9. The van der Waals surface area contributed by atoms with Crippen LogP contribution in [0.2, 0.25) is 10.0 Å². The smallest absolute Gasteiger partial charge is 0.143 e. The summed E-state index contributed by atoms with van der Waals surface area (Å²) in [6.07, 6.45) is 3.60. The number of benzene rings is 3. The maximum absolute atomic E-state index is 6.17. The third kappa shape index (κ3) is 4.67. The van der Waals surface area contributed by atoms with Gasteiger partial charge in [-0.1, -0.05) is 83.0 Å². The number of halogens is 2. The highest BCUT2D eigenvalue weighted by Crippen LogP contribution is 2.23. The van der Waals surface area contributed by atoms with Crippen LogP contribution in [0.1, 0.15) is 11.1 Å². The number of aromatic nitrogens is 2. The van der Waals surface area contributed by atoms with Crippen LogP contribution in [0.25, 0.3) is 16.9 Å². The predicted molar refractivity (Wildman–Crippen MR) is 118 cm³/mol. The van der Waals surface area contributed by atoms with Gasteiger partial charge in [0, 0.05) is 32.9 Å². The highest BCUT2D eigenvalue weighted by molar-refractivity contribution is 6.35. The quantitative estimate of drug-likeness (QED) is 0.267. The molecule has 0 spiro atoms. The fourth-order valence-electron chi connectivity index (χ4n) is 2.85. The van der Waals surface area contributed by atoms with E-state index in [0.717, 1.165) is 28.1 Å². The van der Waals surface area contributed by atoms with E-state index < -0.39 is 0 Å². The molecule has 4 aromatic rings. The molecule has 0 amide bonds. The SMILES string of the molecule is Clc1ccc(CO/N=C/c2cn(-c3ccccc3)nc2-c2ccccc2)c(Cl)c1. The van der Waals surface area contributed by atoms with E-state index in [2.05, 4.69) is 5.16 Å². The van der Waals surface area contributed by atoms with Crippen LogP contribution < -0.4 is 0 Å². The summed E-state index contributed by atoms with van der Waals surface area (Å²) in [5.74, 6) is 0. The molecule has 0 atom stereocenters. The van der Waals surface area contributed by atoms with Gasteiger partial charge in [-0.15, -0.1) is 0 Å². The van der Waals surface area contributed by atoms with Crippen LogP contribution in [0, 0.1) is 0 Å². The summed E-state index contributed by atoms with van der Waals surface area (Å²) in [7, 11) is 0. The van der Waals surface area contributed by atoms with Crippen molar-refractivity contribution in [1.29, 1.82) is 0 Å². The van der Waals surface area contributed by atoms with Crippen LogP contribution in [0.15, 0.2) is 90.2 Å². The van der Waals surface area contributed by atoms with Crippen LogP contribution in [-0.4, -0.2) is 16.0 Å². The molecule has 4 rings (SSSR count). The van der Waals surface area contributed by atoms with Crippen LogP contribution in [0.3, 0.4) is 0 Å². The number of nitrogens with zero attached hydrogens (tertiary/aromatic N) is 3. The van der Waals surface area contributed by atoms with E-state index >= 15 is 0 Å². The molecule has 0 bridgehead atoms. The number of hydrogen-bond donors (Lipinski definition) is 0. The number of hydrogen-bond acceptors (Lipinski definition) is 3. The van der Waals surface area contributed by atoms with Gasteiger partial charge in [-0.2, -0.15) is 5.10 Å². The summed E-state index contributed by atoms with van der Waals surface area (Å²) in [5, 5.41) is 10.0. The average molecular weight is 422 g/mol. The second kappa shape index (κ2) is 8.95. The number of oxime groups is 1. The van der Waals surface area contributed by atoms with Gasteiger partial charge in [0.2, 0.25) is 0 Å². The van der Waals surface area contributed by atoms with Crippen LogP contribution in [0.4, 0.5) is 0 Å². The molecule has 0 aliphatic rings. The molecule has 0 aliphatic heterocycles. The van der Waals surface area contributed by atoms with Gasteiger partial charge in [0.1, 0.15) is 12.3 Å². The number of para-hydroxylation sites is 1. The van der Waals surface area contributed by atoms with Crippen LogP contribution >= 0.6 is 23.2 Å². The van der Waals surface area contributed by atoms with E-state index in [1.54, 1.807) is 18.3 Å². The van der Waals surface area contributed by atoms with Gasteiger partial charge in [0.05, 0.1) is 11.9 Å². The Morgan fingerprint density at radius 1 is 0.931 bits per heavy atom. The lowest BCUT2D eigenvalue weighted by Gasteiger charge is -2.03. The summed E-state index contributed by atoms with van der Waals surface area (Å²) in [6.45, 7) is 0.250. The van der Waals surface area contributed by atoms with E-state index in [9.17, 15) is 0 Å². The molecule has 1 heterocycles. The van der Waals surface area contributed by atoms with Gasteiger partial charge < -0.3 is 4.84 Å². The maximum atomic E-state index is 6.17. The Labute approximate surface area is 179 Å². The highest BCUT2D eigenvalue weighted by atomic mass is 35.5. The summed E-state index contributed by atoms with van der Waals surface area (Å²) >= 11 is 12.1. The first-order chi connectivity index (χ1) is 14.2. The molecule has 4 nitrogen and oxygen atoms in total. The molecule has 144 valence electrons. The highest BCUT2D eigenvalue weighted by Gasteiger charge is 2.11. The first-order valence-corrected chi connectivity index (χ1v) is 9.76. The molecule has 0 fully saturated rings. The van der Waals surface area contributed by atoms with Crippen molar-refractivity contribution in [3.05, 3.63) is 106 Å². The van der Waals surface area contributed by atoms with Gasteiger partial charge in [-0.3, -0.25) is 0 Å². The van der Waals surface area contributed by atoms with E-state index in [1.165, 1.54) is 0 Å². The fraction of sp³-hybridized carbons (Fsp3) is 0.0435. The number of rotatable bonds is 6. The van der Waals surface area contributed by atoms with E-state index in [0.29, 0.717) is 10.0 Å². The molecule has 0 radical (unpaired) electrons. The van der Waals surface area contributed by atoms with Crippen LogP contribution in [-0.2, 0) is 11.4 Å². The summed E-state index contributed by atoms with van der Waals surface area (Å²) in [5.41, 5.74) is 4.47. The third-order valence-electron chi connectivity index (χ3n) is 4.31. The molecule has 3 aromatic carbocycles. The zero-order valence-electron chi connectivity index (χ0n) is 15.4. The standard InChI is InChI=1S/C23H17Cl2N3O/c24-20-12-11-18(22(25)13-20)16-29-26-14-19-15-28(21-9-5-2-6-10-21)27-23(19)17-7-3-1-4-8-17/h1-15H,16H2/b26-14+. The first-order valence-electron chi connectivity index (χ1n) is 9.00. The minimum atomic E-state index is 0.250. The monoisotopic (exact) mass is 421 g/mol. The Balaban J connectivity index is 1.58. The Morgan fingerprint density at radius 2 is 1.66 bits per heavy atom. The lowest BCUT2D eigenvalue weighted by Crippen LogP contribution is -1.93. The normalized spacial score (nSPS) is 11.1. The van der Waals surface area contributed by atoms with Gasteiger partial charge in [0.25, 0.3) is 0 Å². The molecule has 1 aromatic heterocycles. The molecule has 29 heavy (non-hydrogen) atoms. The van der Waals surface area contributed by atoms with Crippen molar-refractivity contribution in [2.45, 2.75) is 6.61 Å². The van der Waals surface area contributed by atoms with Crippen molar-refractivity contribution in [2.75, 3.05) is 0 Å². The summed E-state index contributed by atoms with van der Waals surface area (Å²) < 4.78 is 1.83.